The molecule has 1 aromatic carbocycles. The van der Waals surface area contributed by atoms with E-state index in [4.69, 9.17) is 0 Å². The van der Waals surface area contributed by atoms with Crippen molar-refractivity contribution in [2.45, 2.75) is 46.0 Å². The summed E-state index contributed by atoms with van der Waals surface area (Å²) in [5.74, 6) is 1.72. The van der Waals surface area contributed by atoms with Crippen molar-refractivity contribution < 1.29 is 9.90 Å². The molecule has 2 rings (SSSR count). The molecule has 1 amide bonds. The van der Waals surface area contributed by atoms with Gasteiger partial charge in [-0.1, -0.05) is 38.7 Å². The molecule has 3 nitrogen and oxygen atoms in total. The highest BCUT2D eigenvalue weighted by Gasteiger charge is 2.18. The first kappa shape index (κ1) is 14.9. The van der Waals surface area contributed by atoms with Gasteiger partial charge in [-0.25, -0.2) is 0 Å². The minimum absolute atomic E-state index is 0.0931. The topological polar surface area (TPSA) is 49.3 Å². The highest BCUT2D eigenvalue weighted by Crippen LogP contribution is 2.29. The molecule has 1 aliphatic rings. The van der Waals surface area contributed by atoms with Crippen LogP contribution in [-0.2, 0) is 0 Å². The van der Waals surface area contributed by atoms with E-state index in [1.165, 1.54) is 31.7 Å². The van der Waals surface area contributed by atoms with Gasteiger partial charge in [0, 0.05) is 12.1 Å². The third-order valence-corrected chi connectivity index (χ3v) is 4.44. The summed E-state index contributed by atoms with van der Waals surface area (Å²) in [5.41, 5.74) is 1.32. The summed E-state index contributed by atoms with van der Waals surface area (Å²) >= 11 is 0. The van der Waals surface area contributed by atoms with E-state index in [1.54, 1.807) is 12.1 Å². The molecule has 110 valence electrons. The van der Waals surface area contributed by atoms with Crippen molar-refractivity contribution in [1.29, 1.82) is 0 Å². The zero-order valence-corrected chi connectivity index (χ0v) is 12.5. The Labute approximate surface area is 121 Å². The molecule has 1 fully saturated rings. The van der Waals surface area contributed by atoms with E-state index >= 15 is 0 Å². The van der Waals surface area contributed by atoms with E-state index in [2.05, 4.69) is 12.2 Å². The summed E-state index contributed by atoms with van der Waals surface area (Å²) in [6.07, 6.45) is 6.30. The van der Waals surface area contributed by atoms with Crippen LogP contribution >= 0.6 is 0 Å². The first-order chi connectivity index (χ1) is 9.56. The lowest BCUT2D eigenvalue weighted by Crippen LogP contribution is -2.26. The summed E-state index contributed by atoms with van der Waals surface area (Å²) < 4.78 is 0. The molecule has 1 aromatic rings. The lowest BCUT2D eigenvalue weighted by molar-refractivity contribution is 0.0949. The zero-order chi connectivity index (χ0) is 14.5. The van der Waals surface area contributed by atoms with Gasteiger partial charge in [0.2, 0.25) is 0 Å². The fourth-order valence-corrected chi connectivity index (χ4v) is 2.86. The maximum Gasteiger partial charge on any atom is 0.251 e. The van der Waals surface area contributed by atoms with Crippen molar-refractivity contribution in [2.24, 2.45) is 11.8 Å². The number of phenolic OH excluding ortho intramolecular Hbond substituents is 1. The molecule has 2 N–H and O–H groups in total. The Balaban J connectivity index is 1.76. The van der Waals surface area contributed by atoms with Gasteiger partial charge < -0.3 is 10.4 Å². The first-order valence-electron chi connectivity index (χ1n) is 7.64. The monoisotopic (exact) mass is 275 g/mol. The number of rotatable bonds is 4. The van der Waals surface area contributed by atoms with Gasteiger partial charge in [0.25, 0.3) is 5.91 Å². The van der Waals surface area contributed by atoms with Gasteiger partial charge >= 0.3 is 0 Å². The molecule has 3 heteroatoms. The Bertz CT molecular complexity index is 462. The molecule has 0 radical (unpaired) electrons. The van der Waals surface area contributed by atoms with Crippen LogP contribution in [0.5, 0.6) is 5.75 Å². The van der Waals surface area contributed by atoms with E-state index < -0.39 is 0 Å². The molecule has 0 saturated heterocycles. The molecule has 0 aliphatic heterocycles. The van der Waals surface area contributed by atoms with Crippen LogP contribution in [0.4, 0.5) is 0 Å². The number of hydrogen-bond acceptors (Lipinski definition) is 2. The maximum absolute atomic E-state index is 12.0. The Morgan fingerprint density at radius 3 is 2.65 bits per heavy atom. The van der Waals surface area contributed by atoms with Gasteiger partial charge in [-0.2, -0.15) is 0 Å². The second-order valence-electron chi connectivity index (χ2n) is 6.17. The second kappa shape index (κ2) is 6.78. The smallest absolute Gasteiger partial charge is 0.251 e. The van der Waals surface area contributed by atoms with Gasteiger partial charge in [-0.05, 0) is 42.9 Å². The van der Waals surface area contributed by atoms with Crippen molar-refractivity contribution in [3.05, 3.63) is 29.3 Å². The van der Waals surface area contributed by atoms with Crippen LogP contribution in [0.2, 0.25) is 0 Å². The first-order valence-corrected chi connectivity index (χ1v) is 7.64. The highest BCUT2D eigenvalue weighted by molar-refractivity contribution is 5.94. The predicted octanol–water partition coefficient (Wildman–Crippen LogP) is 3.65. The molecular weight excluding hydrogens is 250 g/mol. The van der Waals surface area contributed by atoms with E-state index in [0.717, 1.165) is 30.4 Å². The van der Waals surface area contributed by atoms with Gasteiger partial charge in [-0.3, -0.25) is 4.79 Å². The number of nitrogens with one attached hydrogen (secondary N) is 1. The van der Waals surface area contributed by atoms with Crippen molar-refractivity contribution in [1.82, 2.24) is 5.32 Å². The summed E-state index contributed by atoms with van der Waals surface area (Å²) in [6, 6.07) is 5.06. The number of benzene rings is 1. The van der Waals surface area contributed by atoms with Crippen molar-refractivity contribution in [3.63, 3.8) is 0 Å². The third-order valence-electron chi connectivity index (χ3n) is 4.44. The molecule has 0 atom stereocenters. The van der Waals surface area contributed by atoms with Crippen LogP contribution < -0.4 is 5.32 Å². The van der Waals surface area contributed by atoms with Crippen LogP contribution in [0.25, 0.3) is 0 Å². The highest BCUT2D eigenvalue weighted by atomic mass is 16.3. The quantitative estimate of drug-likeness (QED) is 0.881. The summed E-state index contributed by atoms with van der Waals surface area (Å²) in [7, 11) is 0. The predicted molar refractivity (Wildman–Crippen MR) is 80.9 cm³/mol. The number of hydrogen-bond donors (Lipinski definition) is 2. The molecule has 0 heterocycles. The average Bonchev–Trinajstić information content (AvgIpc) is 2.44. The Morgan fingerprint density at radius 2 is 2.00 bits per heavy atom. The molecule has 0 unspecified atom stereocenters. The van der Waals surface area contributed by atoms with E-state index in [0.29, 0.717) is 5.56 Å². The van der Waals surface area contributed by atoms with Gasteiger partial charge in [0.1, 0.15) is 5.75 Å². The van der Waals surface area contributed by atoms with Crippen molar-refractivity contribution in [3.8, 4) is 5.75 Å². The summed E-state index contributed by atoms with van der Waals surface area (Å²) in [5, 5.41) is 12.6. The standard InChI is InChI=1S/C17H25NO2/c1-12-3-6-14(7-4-12)9-10-18-17(20)15-8-5-13(2)16(19)11-15/h5,8,11-12,14,19H,3-4,6-7,9-10H2,1-2H3,(H,18,20). The van der Waals surface area contributed by atoms with Crippen LogP contribution in [0.15, 0.2) is 18.2 Å². The summed E-state index contributed by atoms with van der Waals surface area (Å²) in [6.45, 7) is 4.87. The normalized spacial score (nSPS) is 22.5. The van der Waals surface area contributed by atoms with Crippen LogP contribution in [0, 0.1) is 18.8 Å². The summed E-state index contributed by atoms with van der Waals surface area (Å²) in [4.78, 5) is 12.0. The van der Waals surface area contributed by atoms with Gasteiger partial charge in [-0.15, -0.1) is 0 Å². The van der Waals surface area contributed by atoms with Crippen LogP contribution in [0.1, 0.15) is 54.9 Å². The average molecular weight is 275 g/mol. The van der Waals surface area contributed by atoms with E-state index in [9.17, 15) is 9.90 Å². The van der Waals surface area contributed by atoms with Crippen molar-refractivity contribution >= 4 is 5.91 Å². The van der Waals surface area contributed by atoms with Crippen molar-refractivity contribution in [2.75, 3.05) is 6.54 Å². The minimum Gasteiger partial charge on any atom is -0.508 e. The SMILES string of the molecule is Cc1ccc(C(=O)NCCC2CCC(C)CC2)cc1O. The van der Waals surface area contributed by atoms with Gasteiger partial charge in [0.05, 0.1) is 0 Å². The minimum atomic E-state index is -0.0931. The number of aryl methyl sites for hydroxylation is 1. The molecule has 0 bridgehead atoms. The van der Waals surface area contributed by atoms with Gasteiger partial charge in [0.15, 0.2) is 0 Å². The Morgan fingerprint density at radius 1 is 1.30 bits per heavy atom. The molecule has 1 aliphatic carbocycles. The largest absolute Gasteiger partial charge is 0.508 e. The van der Waals surface area contributed by atoms with Crippen LogP contribution in [-0.4, -0.2) is 17.6 Å². The van der Waals surface area contributed by atoms with Crippen LogP contribution in [0.3, 0.4) is 0 Å². The molecule has 20 heavy (non-hydrogen) atoms. The number of carbonyl (C=O) groups is 1. The third kappa shape index (κ3) is 3.99. The lowest BCUT2D eigenvalue weighted by atomic mass is 9.81. The lowest BCUT2D eigenvalue weighted by Gasteiger charge is -2.26. The van der Waals surface area contributed by atoms with E-state index in [-0.39, 0.29) is 11.7 Å². The fourth-order valence-electron chi connectivity index (χ4n) is 2.86. The zero-order valence-electron chi connectivity index (χ0n) is 12.5. The molecular formula is C17H25NO2. The Hall–Kier alpha value is -1.51. The second-order valence-corrected chi connectivity index (χ2v) is 6.17. The number of aromatic hydroxyl groups is 1. The number of carbonyl (C=O) groups excluding carboxylic acids is 1. The molecule has 1 saturated carbocycles. The van der Waals surface area contributed by atoms with E-state index in [1.807, 2.05) is 6.92 Å². The Kier molecular flexibility index (Phi) is 5.05. The number of phenols is 1. The molecule has 0 spiro atoms. The molecule has 0 aromatic heterocycles. The fraction of sp³-hybridized carbons (Fsp3) is 0.588. The number of amides is 1. The maximum atomic E-state index is 12.0.